The lowest BCUT2D eigenvalue weighted by Crippen LogP contribution is -2.28. The molecule has 1 heterocycles. The van der Waals surface area contributed by atoms with Crippen LogP contribution >= 0.6 is 27.5 Å². The Morgan fingerprint density at radius 3 is 2.95 bits per heavy atom. The minimum Gasteiger partial charge on any atom is -0.482 e. The van der Waals surface area contributed by atoms with Gasteiger partial charge in [0.25, 0.3) is 5.91 Å². The molecular weight excluding hydrogens is 346 g/mol. The maximum atomic E-state index is 11.7. The van der Waals surface area contributed by atoms with Gasteiger partial charge in [0.15, 0.2) is 6.61 Å². The Hall–Kier alpha value is -1.46. The Bertz CT molecular complexity index is 575. The standard InChI is InChI=1S/C14H13BrClNO3/c1-9-5-10(15)6-12(16)14(9)20-8-13(18)17-7-11-3-2-4-19-11/h2-6H,7-8H2,1H3,(H,17,18). The topological polar surface area (TPSA) is 51.5 Å². The number of carbonyl (C=O) groups excluding carboxylic acids is 1. The first-order valence-corrected chi connectivity index (χ1v) is 7.11. The number of nitrogens with one attached hydrogen (secondary N) is 1. The number of furan rings is 1. The first-order chi connectivity index (χ1) is 9.56. The summed E-state index contributed by atoms with van der Waals surface area (Å²) in [6, 6.07) is 7.16. The molecule has 20 heavy (non-hydrogen) atoms. The Morgan fingerprint density at radius 2 is 2.30 bits per heavy atom. The van der Waals surface area contributed by atoms with Crippen LogP contribution in [-0.2, 0) is 11.3 Å². The molecule has 0 saturated carbocycles. The van der Waals surface area contributed by atoms with E-state index in [-0.39, 0.29) is 12.5 Å². The zero-order valence-corrected chi connectivity index (χ0v) is 13.1. The molecule has 2 rings (SSSR count). The van der Waals surface area contributed by atoms with Crippen molar-refractivity contribution in [3.63, 3.8) is 0 Å². The fourth-order valence-corrected chi connectivity index (χ4v) is 2.68. The van der Waals surface area contributed by atoms with E-state index < -0.39 is 0 Å². The monoisotopic (exact) mass is 357 g/mol. The van der Waals surface area contributed by atoms with Crippen LogP contribution in [0.3, 0.4) is 0 Å². The maximum absolute atomic E-state index is 11.7. The molecule has 0 aliphatic heterocycles. The molecule has 4 nitrogen and oxygen atoms in total. The molecule has 0 atom stereocenters. The highest BCUT2D eigenvalue weighted by molar-refractivity contribution is 9.10. The van der Waals surface area contributed by atoms with E-state index in [1.807, 2.05) is 13.0 Å². The third kappa shape index (κ3) is 4.02. The van der Waals surface area contributed by atoms with Crippen molar-refractivity contribution in [2.75, 3.05) is 6.61 Å². The lowest BCUT2D eigenvalue weighted by molar-refractivity contribution is -0.123. The zero-order valence-electron chi connectivity index (χ0n) is 10.8. The van der Waals surface area contributed by atoms with Crippen molar-refractivity contribution in [1.82, 2.24) is 5.32 Å². The van der Waals surface area contributed by atoms with Gasteiger partial charge in [0.2, 0.25) is 0 Å². The molecule has 0 spiro atoms. The van der Waals surface area contributed by atoms with Gasteiger partial charge in [-0.25, -0.2) is 0 Å². The molecule has 1 aromatic carbocycles. The van der Waals surface area contributed by atoms with Crippen molar-refractivity contribution in [3.05, 3.63) is 51.3 Å². The molecule has 0 saturated heterocycles. The summed E-state index contributed by atoms with van der Waals surface area (Å²) in [5, 5.41) is 3.16. The molecule has 2 aromatic rings. The summed E-state index contributed by atoms with van der Waals surface area (Å²) in [4.78, 5) is 11.7. The largest absolute Gasteiger partial charge is 0.482 e. The first kappa shape index (κ1) is 14.9. The number of aryl methyl sites for hydroxylation is 1. The third-order valence-corrected chi connectivity index (χ3v) is 3.32. The number of halogens is 2. The van der Waals surface area contributed by atoms with Crippen LogP contribution in [-0.4, -0.2) is 12.5 Å². The zero-order chi connectivity index (χ0) is 14.5. The van der Waals surface area contributed by atoms with Gasteiger partial charge in [-0.2, -0.15) is 0 Å². The van der Waals surface area contributed by atoms with Crippen molar-refractivity contribution in [2.24, 2.45) is 0 Å². The van der Waals surface area contributed by atoms with Crippen LogP contribution in [0.2, 0.25) is 5.02 Å². The van der Waals surface area contributed by atoms with E-state index in [0.717, 1.165) is 10.0 Å². The number of amides is 1. The van der Waals surface area contributed by atoms with Crippen LogP contribution in [0.25, 0.3) is 0 Å². The Labute approximate surface area is 130 Å². The van der Waals surface area contributed by atoms with Gasteiger partial charge < -0.3 is 14.5 Å². The molecule has 0 aliphatic rings. The second-order valence-corrected chi connectivity index (χ2v) is 5.50. The van der Waals surface area contributed by atoms with E-state index in [1.54, 1.807) is 24.5 Å². The van der Waals surface area contributed by atoms with E-state index in [9.17, 15) is 4.79 Å². The van der Waals surface area contributed by atoms with Crippen LogP contribution in [0.1, 0.15) is 11.3 Å². The number of carbonyl (C=O) groups is 1. The van der Waals surface area contributed by atoms with Crippen LogP contribution in [0.15, 0.2) is 39.4 Å². The summed E-state index contributed by atoms with van der Waals surface area (Å²) in [5.74, 6) is 0.971. The fourth-order valence-electron chi connectivity index (χ4n) is 1.66. The first-order valence-electron chi connectivity index (χ1n) is 5.94. The van der Waals surface area contributed by atoms with E-state index in [4.69, 9.17) is 20.8 Å². The van der Waals surface area contributed by atoms with E-state index in [2.05, 4.69) is 21.2 Å². The van der Waals surface area contributed by atoms with Crippen LogP contribution in [0, 0.1) is 6.92 Å². The lowest BCUT2D eigenvalue weighted by atomic mass is 10.2. The molecule has 0 unspecified atom stereocenters. The van der Waals surface area contributed by atoms with Gasteiger partial charge in [-0.15, -0.1) is 0 Å². The number of benzene rings is 1. The Balaban J connectivity index is 1.87. The van der Waals surface area contributed by atoms with E-state index in [1.165, 1.54) is 0 Å². The molecule has 0 radical (unpaired) electrons. The molecule has 0 fully saturated rings. The van der Waals surface area contributed by atoms with Gasteiger partial charge in [-0.05, 0) is 36.8 Å². The minimum atomic E-state index is -0.236. The van der Waals surface area contributed by atoms with E-state index >= 15 is 0 Å². The van der Waals surface area contributed by atoms with Gasteiger partial charge in [-0.3, -0.25) is 4.79 Å². The molecule has 6 heteroatoms. The number of rotatable bonds is 5. The van der Waals surface area contributed by atoms with E-state index in [0.29, 0.717) is 23.1 Å². The molecule has 0 bridgehead atoms. The summed E-state index contributed by atoms with van der Waals surface area (Å²) in [6.45, 7) is 2.11. The average molecular weight is 359 g/mol. The smallest absolute Gasteiger partial charge is 0.258 e. The lowest BCUT2D eigenvalue weighted by Gasteiger charge is -2.11. The number of hydrogen-bond acceptors (Lipinski definition) is 3. The summed E-state index contributed by atoms with van der Waals surface area (Å²) in [6.07, 6.45) is 1.56. The van der Waals surface area contributed by atoms with Crippen molar-refractivity contribution in [3.8, 4) is 5.75 Å². The van der Waals surface area contributed by atoms with Crippen molar-refractivity contribution in [1.29, 1.82) is 0 Å². The Morgan fingerprint density at radius 1 is 1.50 bits per heavy atom. The highest BCUT2D eigenvalue weighted by Crippen LogP contribution is 2.31. The third-order valence-electron chi connectivity index (χ3n) is 2.58. The SMILES string of the molecule is Cc1cc(Br)cc(Cl)c1OCC(=O)NCc1ccco1. The molecule has 0 aliphatic carbocycles. The van der Waals surface area contributed by atoms with Gasteiger partial charge >= 0.3 is 0 Å². The second-order valence-electron chi connectivity index (χ2n) is 4.18. The van der Waals surface area contributed by atoms with Crippen molar-refractivity contribution >= 4 is 33.4 Å². The summed E-state index contributed by atoms with van der Waals surface area (Å²) >= 11 is 9.42. The summed E-state index contributed by atoms with van der Waals surface area (Å²) in [5.41, 5.74) is 0.864. The van der Waals surface area contributed by atoms with Gasteiger partial charge in [0.05, 0.1) is 17.8 Å². The minimum absolute atomic E-state index is 0.0943. The summed E-state index contributed by atoms with van der Waals surface area (Å²) in [7, 11) is 0. The molecule has 1 amide bonds. The molecule has 106 valence electrons. The van der Waals surface area contributed by atoms with Crippen LogP contribution in [0.5, 0.6) is 5.75 Å². The summed E-state index contributed by atoms with van der Waals surface area (Å²) < 4.78 is 11.4. The second kappa shape index (κ2) is 6.81. The van der Waals surface area contributed by atoms with Gasteiger partial charge in [-0.1, -0.05) is 27.5 Å². The van der Waals surface area contributed by atoms with Crippen molar-refractivity contribution < 1.29 is 13.9 Å². The predicted molar refractivity (Wildman–Crippen MR) is 79.9 cm³/mol. The van der Waals surface area contributed by atoms with Crippen molar-refractivity contribution in [2.45, 2.75) is 13.5 Å². The molecular formula is C14H13BrClNO3. The highest BCUT2D eigenvalue weighted by atomic mass is 79.9. The number of hydrogen-bond donors (Lipinski definition) is 1. The fraction of sp³-hybridized carbons (Fsp3) is 0.214. The van der Waals surface area contributed by atoms with Crippen LogP contribution < -0.4 is 10.1 Å². The van der Waals surface area contributed by atoms with Gasteiger partial charge in [0.1, 0.15) is 11.5 Å². The molecule has 1 aromatic heterocycles. The molecule has 1 N–H and O–H groups in total. The maximum Gasteiger partial charge on any atom is 0.258 e. The average Bonchev–Trinajstić information content (AvgIpc) is 2.88. The Kier molecular flexibility index (Phi) is 5.09. The van der Waals surface area contributed by atoms with Crippen LogP contribution in [0.4, 0.5) is 0 Å². The van der Waals surface area contributed by atoms with Gasteiger partial charge in [0, 0.05) is 4.47 Å². The normalized spacial score (nSPS) is 10.3. The highest BCUT2D eigenvalue weighted by Gasteiger charge is 2.10. The predicted octanol–water partition coefficient (Wildman–Crippen LogP) is 3.70. The number of ether oxygens (including phenoxy) is 1. The quantitative estimate of drug-likeness (QED) is 0.886.